The summed E-state index contributed by atoms with van der Waals surface area (Å²) in [5.74, 6) is -1.12. The summed E-state index contributed by atoms with van der Waals surface area (Å²) in [6.45, 7) is 3.66. The fraction of sp³-hybridized carbons (Fsp3) is 0.250. The topological polar surface area (TPSA) is 12.0 Å². The van der Waals surface area contributed by atoms with Crippen LogP contribution < -0.4 is 5.32 Å². The average molecular weight is 328 g/mol. The lowest BCUT2D eigenvalue weighted by Crippen LogP contribution is -2.14. The molecule has 0 saturated carbocycles. The highest BCUT2D eigenvalue weighted by atomic mass is 35.5. The Kier molecular flexibility index (Phi) is 6.03. The Bertz CT molecular complexity index is 619. The van der Waals surface area contributed by atoms with Gasteiger partial charge in [-0.3, -0.25) is 0 Å². The summed E-state index contributed by atoms with van der Waals surface area (Å²) in [7, 11) is 0. The van der Waals surface area contributed by atoms with Crippen LogP contribution >= 0.6 is 23.4 Å². The van der Waals surface area contributed by atoms with Gasteiger partial charge in [-0.15, -0.1) is 0 Å². The minimum atomic E-state index is -0.571. The van der Waals surface area contributed by atoms with Gasteiger partial charge >= 0.3 is 0 Å². The molecule has 2 rings (SSSR count). The second kappa shape index (κ2) is 7.78. The van der Waals surface area contributed by atoms with E-state index in [9.17, 15) is 8.78 Å². The standard InChI is InChI=1S/C16H16ClF2NS/c1-2-7-20-10-11-8-12(17)3-5-15(11)21-16-6-4-13(18)9-14(16)19/h3-6,8-9,20H,2,7,10H2,1H3. The highest BCUT2D eigenvalue weighted by Crippen LogP contribution is 2.33. The van der Waals surface area contributed by atoms with Gasteiger partial charge in [-0.2, -0.15) is 0 Å². The Morgan fingerprint density at radius 3 is 2.57 bits per heavy atom. The third-order valence-electron chi connectivity index (χ3n) is 2.88. The normalized spacial score (nSPS) is 10.9. The molecule has 2 aromatic carbocycles. The van der Waals surface area contributed by atoms with Crippen molar-refractivity contribution in [3.63, 3.8) is 0 Å². The van der Waals surface area contributed by atoms with E-state index >= 15 is 0 Å². The highest BCUT2D eigenvalue weighted by Gasteiger charge is 2.09. The molecule has 1 N–H and O–H groups in total. The van der Waals surface area contributed by atoms with Crippen molar-refractivity contribution < 1.29 is 8.78 Å². The quantitative estimate of drug-likeness (QED) is 0.725. The maximum absolute atomic E-state index is 13.8. The molecule has 0 saturated heterocycles. The van der Waals surface area contributed by atoms with Crippen molar-refractivity contribution in [3.8, 4) is 0 Å². The average Bonchev–Trinajstić information content (AvgIpc) is 2.44. The van der Waals surface area contributed by atoms with Crippen LogP contribution in [-0.4, -0.2) is 6.54 Å². The number of benzene rings is 2. The molecule has 0 amide bonds. The van der Waals surface area contributed by atoms with Gasteiger partial charge in [-0.1, -0.05) is 30.3 Å². The molecular formula is C16H16ClF2NS. The van der Waals surface area contributed by atoms with Crippen LogP contribution in [0.5, 0.6) is 0 Å². The van der Waals surface area contributed by atoms with E-state index in [1.54, 1.807) is 6.07 Å². The van der Waals surface area contributed by atoms with Crippen LogP contribution in [0, 0.1) is 11.6 Å². The smallest absolute Gasteiger partial charge is 0.140 e. The monoisotopic (exact) mass is 327 g/mol. The molecule has 0 aliphatic rings. The summed E-state index contributed by atoms with van der Waals surface area (Å²) in [4.78, 5) is 1.31. The minimum absolute atomic E-state index is 0.399. The molecule has 0 aliphatic heterocycles. The van der Waals surface area contributed by atoms with E-state index < -0.39 is 11.6 Å². The predicted octanol–water partition coefficient (Wildman–Crippen LogP) is 5.27. The lowest BCUT2D eigenvalue weighted by Gasteiger charge is -2.11. The van der Waals surface area contributed by atoms with E-state index in [2.05, 4.69) is 12.2 Å². The van der Waals surface area contributed by atoms with Crippen molar-refractivity contribution in [2.24, 2.45) is 0 Å². The first kappa shape index (κ1) is 16.3. The second-order valence-corrected chi connectivity index (χ2v) is 6.13. The van der Waals surface area contributed by atoms with Gasteiger partial charge in [-0.25, -0.2) is 8.78 Å². The Morgan fingerprint density at radius 1 is 1.10 bits per heavy atom. The Hall–Kier alpha value is -1.10. The molecule has 0 aromatic heterocycles. The summed E-state index contributed by atoms with van der Waals surface area (Å²) >= 11 is 7.30. The SMILES string of the molecule is CCCNCc1cc(Cl)ccc1Sc1ccc(F)cc1F. The zero-order chi connectivity index (χ0) is 15.2. The van der Waals surface area contributed by atoms with Crippen LogP contribution in [-0.2, 0) is 6.54 Å². The molecule has 0 atom stereocenters. The molecule has 0 heterocycles. The van der Waals surface area contributed by atoms with Gasteiger partial charge in [0.1, 0.15) is 11.6 Å². The van der Waals surface area contributed by atoms with Crippen LogP contribution in [0.1, 0.15) is 18.9 Å². The maximum Gasteiger partial charge on any atom is 0.140 e. The van der Waals surface area contributed by atoms with Crippen molar-refractivity contribution in [1.82, 2.24) is 5.32 Å². The first-order chi connectivity index (χ1) is 10.1. The molecule has 112 valence electrons. The number of halogens is 3. The predicted molar refractivity (Wildman–Crippen MR) is 83.9 cm³/mol. The van der Waals surface area contributed by atoms with Gasteiger partial charge in [0.05, 0.1) is 0 Å². The van der Waals surface area contributed by atoms with E-state index in [-0.39, 0.29) is 0 Å². The number of rotatable bonds is 6. The molecule has 0 unspecified atom stereocenters. The van der Waals surface area contributed by atoms with E-state index in [1.807, 2.05) is 12.1 Å². The summed E-state index contributed by atoms with van der Waals surface area (Å²) in [5.41, 5.74) is 1.00. The van der Waals surface area contributed by atoms with Gasteiger partial charge < -0.3 is 5.32 Å². The molecule has 2 aromatic rings. The molecule has 0 radical (unpaired) electrons. The highest BCUT2D eigenvalue weighted by molar-refractivity contribution is 7.99. The third kappa shape index (κ3) is 4.70. The van der Waals surface area contributed by atoms with Gasteiger partial charge in [0.25, 0.3) is 0 Å². The van der Waals surface area contributed by atoms with E-state index in [0.29, 0.717) is 16.5 Å². The van der Waals surface area contributed by atoms with Gasteiger partial charge in [0, 0.05) is 27.4 Å². The van der Waals surface area contributed by atoms with Crippen molar-refractivity contribution in [2.75, 3.05) is 6.54 Å². The molecule has 0 bridgehead atoms. The zero-order valence-electron chi connectivity index (χ0n) is 11.6. The van der Waals surface area contributed by atoms with Crippen LogP contribution in [0.2, 0.25) is 5.02 Å². The fourth-order valence-corrected chi connectivity index (χ4v) is 2.98. The number of hydrogen-bond acceptors (Lipinski definition) is 2. The Balaban J connectivity index is 2.22. The van der Waals surface area contributed by atoms with Gasteiger partial charge in [0.15, 0.2) is 0 Å². The van der Waals surface area contributed by atoms with Crippen molar-refractivity contribution >= 4 is 23.4 Å². The largest absolute Gasteiger partial charge is 0.313 e. The van der Waals surface area contributed by atoms with Crippen LogP contribution in [0.25, 0.3) is 0 Å². The second-order valence-electron chi connectivity index (χ2n) is 4.61. The van der Waals surface area contributed by atoms with E-state index in [4.69, 9.17) is 11.6 Å². The van der Waals surface area contributed by atoms with Crippen LogP contribution in [0.4, 0.5) is 8.78 Å². The zero-order valence-corrected chi connectivity index (χ0v) is 13.2. The summed E-state index contributed by atoms with van der Waals surface area (Å²) < 4.78 is 26.7. The number of hydrogen-bond donors (Lipinski definition) is 1. The van der Waals surface area contributed by atoms with E-state index in [1.165, 1.54) is 23.9 Å². The third-order valence-corrected chi connectivity index (χ3v) is 4.28. The van der Waals surface area contributed by atoms with Crippen molar-refractivity contribution in [2.45, 2.75) is 29.7 Å². The molecule has 0 fully saturated rings. The van der Waals surface area contributed by atoms with Gasteiger partial charge in [-0.05, 0) is 48.9 Å². The first-order valence-electron chi connectivity index (χ1n) is 6.72. The van der Waals surface area contributed by atoms with E-state index in [0.717, 1.165) is 29.5 Å². The van der Waals surface area contributed by atoms with Gasteiger partial charge in [0.2, 0.25) is 0 Å². The summed E-state index contributed by atoms with van der Waals surface area (Å²) in [6.07, 6.45) is 1.04. The van der Waals surface area contributed by atoms with Crippen molar-refractivity contribution in [1.29, 1.82) is 0 Å². The minimum Gasteiger partial charge on any atom is -0.313 e. The first-order valence-corrected chi connectivity index (χ1v) is 7.91. The van der Waals surface area contributed by atoms with Crippen LogP contribution in [0.15, 0.2) is 46.2 Å². The van der Waals surface area contributed by atoms with Crippen molar-refractivity contribution in [3.05, 3.63) is 58.6 Å². The number of nitrogens with one attached hydrogen (secondary N) is 1. The Labute approximate surface area is 132 Å². The Morgan fingerprint density at radius 2 is 1.86 bits per heavy atom. The molecule has 0 aliphatic carbocycles. The lowest BCUT2D eigenvalue weighted by atomic mass is 10.2. The maximum atomic E-state index is 13.8. The molecule has 0 spiro atoms. The fourth-order valence-electron chi connectivity index (χ4n) is 1.86. The molecule has 21 heavy (non-hydrogen) atoms. The summed E-state index contributed by atoms with van der Waals surface area (Å²) in [5, 5.41) is 3.95. The molecule has 5 heteroatoms. The summed E-state index contributed by atoms with van der Waals surface area (Å²) in [6, 6.07) is 9.11. The van der Waals surface area contributed by atoms with Crippen LogP contribution in [0.3, 0.4) is 0 Å². The lowest BCUT2D eigenvalue weighted by molar-refractivity contribution is 0.565. The molecular weight excluding hydrogens is 312 g/mol. The molecule has 1 nitrogen and oxygen atoms in total.